The van der Waals surface area contributed by atoms with Gasteiger partial charge in [-0.3, -0.25) is 4.79 Å². The first-order valence-electron chi connectivity index (χ1n) is 10.8. The van der Waals surface area contributed by atoms with E-state index >= 15 is 0 Å². The number of ketones is 1. The van der Waals surface area contributed by atoms with E-state index in [0.717, 1.165) is 79.5 Å². The number of carbonyl (C=O) groups is 1. The van der Waals surface area contributed by atoms with Crippen LogP contribution < -0.4 is 10.2 Å². The van der Waals surface area contributed by atoms with Crippen LogP contribution in [0.25, 0.3) is 11.4 Å². The SMILES string of the molecule is C=C[C@H]1CNCCCN1c1nccc(-c2noc3c2CSCC32CCCCC2=O)n1. The monoisotopic (exact) mass is 425 g/mol. The summed E-state index contributed by atoms with van der Waals surface area (Å²) in [6.45, 7) is 6.67. The van der Waals surface area contributed by atoms with Crippen molar-refractivity contribution < 1.29 is 9.32 Å². The number of aromatic nitrogens is 3. The molecule has 5 rings (SSSR count). The van der Waals surface area contributed by atoms with E-state index in [1.165, 1.54) is 0 Å². The Labute approximate surface area is 180 Å². The molecule has 2 fully saturated rings. The fourth-order valence-electron chi connectivity index (χ4n) is 4.88. The second-order valence-electron chi connectivity index (χ2n) is 8.34. The molecule has 158 valence electrons. The number of hydrogen-bond acceptors (Lipinski definition) is 8. The van der Waals surface area contributed by atoms with Crippen LogP contribution in [0.4, 0.5) is 5.95 Å². The van der Waals surface area contributed by atoms with Crippen molar-refractivity contribution in [2.24, 2.45) is 0 Å². The lowest BCUT2D eigenvalue weighted by atomic mass is 9.71. The van der Waals surface area contributed by atoms with Crippen molar-refractivity contribution in [2.75, 3.05) is 30.3 Å². The summed E-state index contributed by atoms with van der Waals surface area (Å²) in [6.07, 6.45) is 8.29. The molecular weight excluding hydrogens is 398 g/mol. The van der Waals surface area contributed by atoms with E-state index in [4.69, 9.17) is 9.51 Å². The molecular formula is C22H27N5O2S. The zero-order valence-corrected chi connectivity index (χ0v) is 17.9. The third kappa shape index (κ3) is 3.26. The molecule has 1 aliphatic carbocycles. The van der Waals surface area contributed by atoms with Crippen LogP contribution in [0.1, 0.15) is 43.4 Å². The van der Waals surface area contributed by atoms with Gasteiger partial charge >= 0.3 is 0 Å². The Morgan fingerprint density at radius 2 is 2.30 bits per heavy atom. The summed E-state index contributed by atoms with van der Waals surface area (Å²) in [4.78, 5) is 24.5. The molecule has 0 bridgehead atoms. The predicted molar refractivity (Wildman–Crippen MR) is 118 cm³/mol. The average Bonchev–Trinajstić information content (AvgIpc) is 3.07. The van der Waals surface area contributed by atoms with Crippen molar-refractivity contribution in [3.63, 3.8) is 0 Å². The number of rotatable bonds is 3. The quantitative estimate of drug-likeness (QED) is 0.751. The van der Waals surface area contributed by atoms with Gasteiger partial charge in [0.1, 0.15) is 11.5 Å². The molecule has 0 aromatic carbocycles. The second kappa shape index (κ2) is 8.15. The molecule has 1 spiro atoms. The van der Waals surface area contributed by atoms with E-state index < -0.39 is 5.41 Å². The van der Waals surface area contributed by atoms with Crippen LogP contribution in [0.3, 0.4) is 0 Å². The second-order valence-corrected chi connectivity index (χ2v) is 9.33. The molecule has 0 amide bonds. The van der Waals surface area contributed by atoms with Gasteiger partial charge in [-0.05, 0) is 31.9 Å². The zero-order chi connectivity index (χ0) is 20.6. The zero-order valence-electron chi connectivity index (χ0n) is 17.1. The minimum Gasteiger partial charge on any atom is -0.359 e. The Balaban J connectivity index is 1.52. The summed E-state index contributed by atoms with van der Waals surface area (Å²) >= 11 is 1.80. The number of thioether (sulfide) groups is 1. The molecule has 2 aromatic heterocycles. The Morgan fingerprint density at radius 3 is 3.17 bits per heavy atom. The third-order valence-electron chi connectivity index (χ3n) is 6.53. The highest BCUT2D eigenvalue weighted by Gasteiger charge is 2.49. The van der Waals surface area contributed by atoms with Gasteiger partial charge in [-0.2, -0.15) is 11.8 Å². The lowest BCUT2D eigenvalue weighted by molar-refractivity contribution is -0.126. The highest BCUT2D eigenvalue weighted by Crippen LogP contribution is 2.47. The van der Waals surface area contributed by atoms with Gasteiger partial charge in [0.2, 0.25) is 5.95 Å². The van der Waals surface area contributed by atoms with Crippen LogP contribution in [-0.4, -0.2) is 52.3 Å². The molecule has 2 aromatic rings. The number of fused-ring (bicyclic) bond motifs is 2. The number of anilines is 1. The number of nitrogens with one attached hydrogen (secondary N) is 1. The number of Topliss-reactive ketones (excluding diaryl/α,β-unsaturated/α-hetero) is 1. The van der Waals surface area contributed by atoms with Crippen molar-refractivity contribution in [2.45, 2.75) is 49.3 Å². The highest BCUT2D eigenvalue weighted by atomic mass is 32.2. The average molecular weight is 426 g/mol. The maximum Gasteiger partial charge on any atom is 0.226 e. The Kier molecular flexibility index (Phi) is 5.37. The number of nitrogens with zero attached hydrogens (tertiary/aromatic N) is 4. The molecule has 4 heterocycles. The van der Waals surface area contributed by atoms with Crippen LogP contribution in [0.15, 0.2) is 29.4 Å². The van der Waals surface area contributed by atoms with E-state index in [2.05, 4.69) is 26.9 Å². The van der Waals surface area contributed by atoms with Gasteiger partial charge in [-0.15, -0.1) is 6.58 Å². The van der Waals surface area contributed by atoms with Gasteiger partial charge in [0.25, 0.3) is 0 Å². The van der Waals surface area contributed by atoms with Crippen LogP contribution in [-0.2, 0) is 16.0 Å². The largest absolute Gasteiger partial charge is 0.359 e. The van der Waals surface area contributed by atoms with Gasteiger partial charge in [-0.1, -0.05) is 17.7 Å². The van der Waals surface area contributed by atoms with Crippen LogP contribution >= 0.6 is 11.8 Å². The van der Waals surface area contributed by atoms with Crippen molar-refractivity contribution >= 4 is 23.5 Å². The summed E-state index contributed by atoms with van der Waals surface area (Å²) in [6, 6.07) is 2.03. The summed E-state index contributed by atoms with van der Waals surface area (Å²) in [5, 5.41) is 7.85. The van der Waals surface area contributed by atoms with Crippen LogP contribution in [0.2, 0.25) is 0 Å². The maximum absolute atomic E-state index is 12.9. The number of hydrogen-bond donors (Lipinski definition) is 1. The Morgan fingerprint density at radius 1 is 1.37 bits per heavy atom. The van der Waals surface area contributed by atoms with Crippen molar-refractivity contribution in [1.29, 1.82) is 0 Å². The van der Waals surface area contributed by atoms with Gasteiger partial charge in [-0.25, -0.2) is 9.97 Å². The lowest BCUT2D eigenvalue weighted by Crippen LogP contribution is -2.43. The normalized spacial score (nSPS) is 27.0. The first kappa shape index (κ1) is 19.8. The van der Waals surface area contributed by atoms with Crippen LogP contribution in [0, 0.1) is 0 Å². The first-order valence-corrected chi connectivity index (χ1v) is 11.9. The number of carbonyl (C=O) groups excluding carboxylic acids is 1. The topological polar surface area (TPSA) is 84.1 Å². The van der Waals surface area contributed by atoms with Crippen molar-refractivity contribution in [1.82, 2.24) is 20.4 Å². The van der Waals surface area contributed by atoms with Gasteiger partial charge < -0.3 is 14.7 Å². The third-order valence-corrected chi connectivity index (χ3v) is 7.72. The molecule has 8 heteroatoms. The van der Waals surface area contributed by atoms with E-state index in [9.17, 15) is 4.79 Å². The molecule has 0 radical (unpaired) electrons. The highest BCUT2D eigenvalue weighted by molar-refractivity contribution is 7.98. The molecule has 2 atom stereocenters. The lowest BCUT2D eigenvalue weighted by Gasteiger charge is -2.36. The smallest absolute Gasteiger partial charge is 0.226 e. The van der Waals surface area contributed by atoms with E-state index in [0.29, 0.717) is 18.2 Å². The minimum atomic E-state index is -0.498. The standard InChI is InChI=1S/C22H27N5O2S/c1-2-15-12-23-9-5-11-27(15)21-24-10-7-17(25-21)19-16-13-30-14-22(20(16)29-26-19)8-4-3-6-18(22)28/h2,7,10,15,23H,1,3-6,8-9,11-14H2/t15-,22?/m0/s1. The predicted octanol–water partition coefficient (Wildman–Crippen LogP) is 3.11. The van der Waals surface area contributed by atoms with Gasteiger partial charge in [0, 0.05) is 42.8 Å². The molecule has 1 N–H and O–H groups in total. The molecule has 2 aliphatic heterocycles. The fourth-order valence-corrected chi connectivity index (χ4v) is 6.23. The van der Waals surface area contributed by atoms with E-state index in [1.807, 2.05) is 12.1 Å². The summed E-state index contributed by atoms with van der Waals surface area (Å²) in [7, 11) is 0. The van der Waals surface area contributed by atoms with Crippen molar-refractivity contribution in [3.8, 4) is 11.4 Å². The Hall–Kier alpha value is -2.19. The van der Waals surface area contributed by atoms with Gasteiger partial charge in [0.15, 0.2) is 5.76 Å². The van der Waals surface area contributed by atoms with Crippen molar-refractivity contribution in [3.05, 3.63) is 36.2 Å². The summed E-state index contributed by atoms with van der Waals surface area (Å²) < 4.78 is 5.87. The molecule has 30 heavy (non-hydrogen) atoms. The van der Waals surface area contributed by atoms with Gasteiger partial charge in [0.05, 0.1) is 17.2 Å². The molecule has 1 saturated carbocycles. The minimum absolute atomic E-state index is 0.146. The molecule has 1 unspecified atom stereocenters. The fraction of sp³-hybridized carbons (Fsp3) is 0.545. The first-order chi connectivity index (χ1) is 14.7. The maximum atomic E-state index is 12.9. The van der Waals surface area contributed by atoms with Crippen LogP contribution in [0.5, 0.6) is 0 Å². The summed E-state index contributed by atoms with van der Waals surface area (Å²) in [5.74, 6) is 3.36. The molecule has 1 saturated heterocycles. The van der Waals surface area contributed by atoms with E-state index in [1.54, 1.807) is 18.0 Å². The molecule has 3 aliphatic rings. The van der Waals surface area contributed by atoms with E-state index in [-0.39, 0.29) is 6.04 Å². The summed E-state index contributed by atoms with van der Waals surface area (Å²) in [5.41, 5.74) is 2.04. The molecule has 7 nitrogen and oxygen atoms in total. The Bertz CT molecular complexity index is 961.